The van der Waals surface area contributed by atoms with E-state index in [0.29, 0.717) is 12.5 Å². The molecule has 4 N–H and O–H groups in total. The number of nitrogens with two attached hydrogens (primary N) is 1. The van der Waals surface area contributed by atoms with Crippen LogP contribution in [-0.2, 0) is 33.7 Å². The van der Waals surface area contributed by atoms with Gasteiger partial charge in [0.25, 0.3) is 0 Å². The van der Waals surface area contributed by atoms with Gasteiger partial charge in [-0.2, -0.15) is 0 Å². The Morgan fingerprint density at radius 1 is 1.33 bits per heavy atom. The molecule has 0 aromatic carbocycles. The van der Waals surface area contributed by atoms with Crippen LogP contribution >= 0.6 is 0 Å². The predicted molar refractivity (Wildman–Crippen MR) is 86.4 cm³/mol. The Balaban J connectivity index is 1.96. The van der Waals surface area contributed by atoms with Crippen LogP contribution in [0.4, 0.5) is 0 Å². The number of hydrogen-bond donors (Lipinski definition) is 3. The quantitative estimate of drug-likeness (QED) is 0.169. The fraction of sp³-hybridized carbons (Fsp3) is 0.467. The van der Waals surface area contributed by atoms with Gasteiger partial charge in [-0.05, 0) is 0 Å². The average molecular weight is 503 g/mol. The molecular formula is C15H21N5O3W. The van der Waals surface area contributed by atoms with Gasteiger partial charge in [0.05, 0.1) is 0 Å². The average Bonchev–Trinajstić information content (AvgIpc) is 3.06. The van der Waals surface area contributed by atoms with E-state index >= 15 is 0 Å². The molecule has 9 heteroatoms. The van der Waals surface area contributed by atoms with Crippen molar-refractivity contribution < 1.29 is 33.7 Å². The number of aliphatic imine (C=N–C) groups is 1. The number of nitrogens with zero attached hydrogens (tertiary/aromatic N) is 2. The Labute approximate surface area is 151 Å². The van der Waals surface area contributed by atoms with Crippen LogP contribution < -0.4 is 16.4 Å². The summed E-state index contributed by atoms with van der Waals surface area (Å²) < 4.78 is 6.43. The van der Waals surface area contributed by atoms with Gasteiger partial charge in [-0.1, -0.05) is 0 Å². The van der Waals surface area contributed by atoms with Crippen LogP contribution in [0.1, 0.15) is 0 Å². The molecule has 8 nitrogen and oxygen atoms in total. The van der Waals surface area contributed by atoms with Crippen molar-refractivity contribution in [3.05, 3.63) is 25.3 Å². The van der Waals surface area contributed by atoms with Crippen LogP contribution in [0.2, 0.25) is 0 Å². The van der Waals surface area contributed by atoms with Crippen LogP contribution in [0.25, 0.3) is 0 Å². The SMILES string of the molecule is C=CC1OC(C=C)C2C(=O)N(CCN[C](=[W])NC(N)=NC)C(=O)C12. The molecule has 2 amide bonds. The topological polar surface area (TPSA) is 109 Å². The summed E-state index contributed by atoms with van der Waals surface area (Å²) in [5, 5.41) is 5.98. The molecule has 0 saturated carbocycles. The number of carbonyl (C=O) groups excluding carboxylic acids is 2. The molecule has 24 heavy (non-hydrogen) atoms. The Bertz CT molecular complexity index is 574. The summed E-state index contributed by atoms with van der Waals surface area (Å²) >= 11 is 1.14. The second kappa shape index (κ2) is 7.96. The monoisotopic (exact) mass is 503 g/mol. The van der Waals surface area contributed by atoms with Crippen LogP contribution in [0.5, 0.6) is 0 Å². The number of ether oxygens (including phenoxy) is 1. The second-order valence-electron chi connectivity index (χ2n) is 5.41. The first-order valence-electron chi connectivity index (χ1n) is 7.47. The number of hydrogen-bond acceptors (Lipinski definition) is 5. The van der Waals surface area contributed by atoms with Gasteiger partial charge in [-0.15, -0.1) is 0 Å². The molecule has 2 fully saturated rings. The fourth-order valence-corrected chi connectivity index (χ4v) is 3.68. The zero-order valence-electron chi connectivity index (χ0n) is 13.4. The summed E-state index contributed by atoms with van der Waals surface area (Å²) in [6.45, 7) is 8.09. The van der Waals surface area contributed by atoms with Gasteiger partial charge >= 0.3 is 151 Å². The number of likely N-dealkylation sites (tertiary alicyclic amines) is 1. The van der Waals surface area contributed by atoms with Gasteiger partial charge in [0.2, 0.25) is 0 Å². The minimum atomic E-state index is -0.505. The molecule has 2 aliphatic rings. The first-order chi connectivity index (χ1) is 11.4. The van der Waals surface area contributed by atoms with Gasteiger partial charge in [0.1, 0.15) is 0 Å². The van der Waals surface area contributed by atoms with Crippen molar-refractivity contribution in [2.24, 2.45) is 22.6 Å². The van der Waals surface area contributed by atoms with Crippen LogP contribution in [0, 0.1) is 11.8 Å². The molecule has 130 valence electrons. The van der Waals surface area contributed by atoms with Crippen molar-refractivity contribution in [3.63, 3.8) is 0 Å². The third-order valence-electron chi connectivity index (χ3n) is 4.08. The summed E-state index contributed by atoms with van der Waals surface area (Å²) in [7, 11) is 1.58. The zero-order valence-corrected chi connectivity index (χ0v) is 16.3. The first kappa shape index (κ1) is 18.7. The van der Waals surface area contributed by atoms with Crippen LogP contribution in [0.3, 0.4) is 0 Å². The summed E-state index contributed by atoms with van der Waals surface area (Å²) in [4.78, 5) is 30.3. The third-order valence-corrected chi connectivity index (χ3v) is 4.96. The Morgan fingerprint density at radius 2 is 1.88 bits per heavy atom. The summed E-state index contributed by atoms with van der Waals surface area (Å²) in [6, 6.07) is 0. The molecule has 0 aromatic rings. The van der Waals surface area contributed by atoms with Crippen molar-refractivity contribution in [2.75, 3.05) is 20.1 Å². The zero-order chi connectivity index (χ0) is 17.9. The molecular weight excluding hydrogens is 482 g/mol. The summed E-state index contributed by atoms with van der Waals surface area (Å²) in [5.41, 5.74) is 5.58. The van der Waals surface area contributed by atoms with Crippen LogP contribution in [0.15, 0.2) is 30.3 Å². The van der Waals surface area contributed by atoms with E-state index in [1.54, 1.807) is 19.2 Å². The predicted octanol–water partition coefficient (Wildman–Crippen LogP) is -1.52. The summed E-state index contributed by atoms with van der Waals surface area (Å²) in [5.74, 6) is -1.14. The molecule has 2 saturated heterocycles. The van der Waals surface area contributed by atoms with Gasteiger partial charge in [0, 0.05) is 0 Å². The number of nitrogens with one attached hydrogen (secondary N) is 2. The Kier molecular flexibility index (Phi) is 6.20. The van der Waals surface area contributed by atoms with Crippen LogP contribution in [-0.4, -0.2) is 59.2 Å². The van der Waals surface area contributed by atoms with Crippen molar-refractivity contribution in [3.8, 4) is 0 Å². The number of fused-ring (bicyclic) bond motifs is 1. The number of carbonyl (C=O) groups is 2. The molecule has 0 spiro atoms. The molecule has 2 rings (SSSR count). The minimum absolute atomic E-state index is 0.214. The maximum absolute atomic E-state index is 12.6. The van der Waals surface area contributed by atoms with Gasteiger partial charge in [0.15, 0.2) is 0 Å². The number of rotatable bonds is 7. The van der Waals surface area contributed by atoms with E-state index in [-0.39, 0.29) is 18.4 Å². The molecule has 0 aromatic heterocycles. The number of imide groups is 1. The maximum atomic E-state index is 12.6. The van der Waals surface area contributed by atoms with Crippen molar-refractivity contribution in [1.82, 2.24) is 15.5 Å². The van der Waals surface area contributed by atoms with E-state index in [0.717, 1.165) is 23.5 Å². The van der Waals surface area contributed by atoms with Gasteiger partial charge in [-0.25, -0.2) is 0 Å². The molecule has 0 bridgehead atoms. The van der Waals surface area contributed by atoms with E-state index in [1.165, 1.54) is 4.90 Å². The van der Waals surface area contributed by atoms with Gasteiger partial charge in [-0.3, -0.25) is 0 Å². The first-order valence-corrected chi connectivity index (χ1v) is 8.94. The van der Waals surface area contributed by atoms with E-state index in [1.807, 2.05) is 0 Å². The molecule has 4 atom stereocenters. The third kappa shape index (κ3) is 3.55. The van der Waals surface area contributed by atoms with E-state index < -0.39 is 24.0 Å². The second-order valence-corrected chi connectivity index (χ2v) is 6.87. The Hall–Kier alpha value is -1.63. The van der Waals surface area contributed by atoms with Gasteiger partial charge < -0.3 is 0 Å². The van der Waals surface area contributed by atoms with E-state index in [9.17, 15) is 9.59 Å². The number of guanidine groups is 1. The van der Waals surface area contributed by atoms with Crippen molar-refractivity contribution in [2.45, 2.75) is 12.2 Å². The van der Waals surface area contributed by atoms with E-state index in [4.69, 9.17) is 10.5 Å². The molecule has 2 heterocycles. The number of amides is 2. The summed E-state index contributed by atoms with van der Waals surface area (Å²) in [6.07, 6.45) is 2.25. The fourth-order valence-electron chi connectivity index (χ4n) is 2.94. The standard InChI is InChI=1S/C15H21N5O3.W/c1-4-9-11-12(10(5-2)23-9)14(22)20(13(11)21)7-6-18-8-19-15(16)17-3;/h4-5,9-12,18H,1-2,6-7H2,3H3,(H3,16,17,19);. The molecule has 0 aliphatic carbocycles. The molecule has 0 radical (unpaired) electrons. The molecule has 2 aliphatic heterocycles. The normalized spacial score (nSPS) is 29.5. The van der Waals surface area contributed by atoms with Crippen molar-refractivity contribution >= 4 is 21.9 Å². The van der Waals surface area contributed by atoms with E-state index in [2.05, 4.69) is 28.8 Å². The Morgan fingerprint density at radius 3 is 2.33 bits per heavy atom. The molecule has 4 unspecified atom stereocenters. The van der Waals surface area contributed by atoms with Crippen molar-refractivity contribution in [1.29, 1.82) is 0 Å².